The van der Waals surface area contributed by atoms with Crippen molar-refractivity contribution in [3.63, 3.8) is 0 Å². The number of rotatable bonds is 9. The Morgan fingerprint density at radius 1 is 1.10 bits per heavy atom. The maximum atomic E-state index is 11.9. The molecule has 2 atom stereocenters. The lowest BCUT2D eigenvalue weighted by Crippen LogP contribution is -2.44. The van der Waals surface area contributed by atoms with Crippen molar-refractivity contribution >= 4 is 12.0 Å². The highest BCUT2D eigenvalue weighted by Gasteiger charge is 2.14. The van der Waals surface area contributed by atoms with Gasteiger partial charge in [0.25, 0.3) is 0 Å². The molecule has 0 aromatic rings. The molecule has 0 heterocycles. The van der Waals surface area contributed by atoms with Crippen molar-refractivity contribution in [2.45, 2.75) is 39.2 Å². The Balaban J connectivity index is 3.87. The third kappa shape index (κ3) is 8.74. The lowest BCUT2D eigenvalue weighted by molar-refractivity contribution is -0.141. The van der Waals surface area contributed by atoms with E-state index in [-0.39, 0.29) is 18.0 Å². The van der Waals surface area contributed by atoms with E-state index in [9.17, 15) is 9.59 Å². The van der Waals surface area contributed by atoms with E-state index in [4.69, 9.17) is 5.11 Å². The summed E-state index contributed by atoms with van der Waals surface area (Å²) >= 11 is 0. The zero-order valence-corrected chi connectivity index (χ0v) is 13.3. The number of nitrogens with one attached hydrogen (secondary N) is 1. The van der Waals surface area contributed by atoms with Gasteiger partial charge in [-0.2, -0.15) is 0 Å². The maximum absolute atomic E-state index is 11.9. The molecule has 0 rings (SSSR count). The second-order valence-electron chi connectivity index (χ2n) is 5.75. The van der Waals surface area contributed by atoms with Crippen LogP contribution in [0.2, 0.25) is 0 Å². The molecule has 6 nitrogen and oxygen atoms in total. The molecule has 0 aliphatic rings. The number of nitrogens with zero attached hydrogens (tertiary/aromatic N) is 2. The van der Waals surface area contributed by atoms with Crippen LogP contribution in [-0.4, -0.2) is 67.2 Å². The van der Waals surface area contributed by atoms with Crippen molar-refractivity contribution < 1.29 is 14.7 Å². The number of likely N-dealkylation sites (N-methyl/N-ethyl adjacent to an activating group) is 2. The first-order valence-electron chi connectivity index (χ1n) is 7.13. The Morgan fingerprint density at radius 3 is 2.20 bits per heavy atom. The van der Waals surface area contributed by atoms with Gasteiger partial charge in [-0.3, -0.25) is 4.79 Å². The summed E-state index contributed by atoms with van der Waals surface area (Å²) in [5.41, 5.74) is 0. The molecule has 0 aliphatic carbocycles. The fourth-order valence-corrected chi connectivity index (χ4v) is 1.70. The molecule has 2 N–H and O–H groups in total. The number of carbonyl (C=O) groups is 2. The minimum absolute atomic E-state index is 0.0605. The SMILES string of the molecule is CC(CCCC(C)C(=O)O)NC(=O)N(C)CCN(C)C. The normalized spacial score (nSPS) is 13.9. The molecule has 0 aromatic carbocycles. The minimum atomic E-state index is -0.759. The molecule has 20 heavy (non-hydrogen) atoms. The Hall–Kier alpha value is -1.30. The summed E-state index contributed by atoms with van der Waals surface area (Å²) in [5.74, 6) is -1.08. The Bertz CT molecular complexity index is 308. The van der Waals surface area contributed by atoms with E-state index in [0.29, 0.717) is 13.0 Å². The monoisotopic (exact) mass is 287 g/mol. The van der Waals surface area contributed by atoms with Gasteiger partial charge < -0.3 is 20.2 Å². The van der Waals surface area contributed by atoms with E-state index in [1.807, 2.05) is 25.9 Å². The summed E-state index contributed by atoms with van der Waals surface area (Å²) < 4.78 is 0. The first-order chi connectivity index (χ1) is 9.23. The summed E-state index contributed by atoms with van der Waals surface area (Å²) in [6, 6.07) is -0.0177. The number of urea groups is 1. The molecule has 0 spiro atoms. The van der Waals surface area contributed by atoms with E-state index in [2.05, 4.69) is 5.32 Å². The van der Waals surface area contributed by atoms with Crippen LogP contribution in [-0.2, 0) is 4.79 Å². The van der Waals surface area contributed by atoms with Gasteiger partial charge in [0, 0.05) is 26.2 Å². The van der Waals surface area contributed by atoms with Gasteiger partial charge in [-0.1, -0.05) is 13.3 Å². The van der Waals surface area contributed by atoms with Crippen molar-refractivity contribution in [3.8, 4) is 0 Å². The molecule has 2 amide bonds. The summed E-state index contributed by atoms with van der Waals surface area (Å²) in [5, 5.41) is 11.7. The lowest BCUT2D eigenvalue weighted by Gasteiger charge is -2.23. The van der Waals surface area contributed by atoms with E-state index < -0.39 is 5.97 Å². The third-order valence-corrected chi connectivity index (χ3v) is 3.30. The standard InChI is InChI=1S/C14H29N3O3/c1-11(13(18)19)7-6-8-12(2)15-14(20)17(5)10-9-16(3)4/h11-12H,6-10H2,1-5H3,(H,15,20)(H,18,19). The smallest absolute Gasteiger partial charge is 0.317 e. The van der Waals surface area contributed by atoms with Crippen molar-refractivity contribution in [1.29, 1.82) is 0 Å². The molecule has 0 saturated carbocycles. The molecule has 0 fully saturated rings. The molecule has 0 aromatic heterocycles. The van der Waals surface area contributed by atoms with Crippen molar-refractivity contribution in [3.05, 3.63) is 0 Å². The number of hydrogen-bond donors (Lipinski definition) is 2. The minimum Gasteiger partial charge on any atom is -0.481 e. The summed E-state index contributed by atoms with van der Waals surface area (Å²) in [6.07, 6.45) is 2.24. The van der Waals surface area contributed by atoms with Gasteiger partial charge in [0.15, 0.2) is 0 Å². The Morgan fingerprint density at radius 2 is 1.70 bits per heavy atom. The van der Waals surface area contributed by atoms with E-state index in [1.165, 1.54) is 0 Å². The van der Waals surface area contributed by atoms with Gasteiger partial charge in [0.05, 0.1) is 5.92 Å². The molecule has 0 aliphatic heterocycles. The fraction of sp³-hybridized carbons (Fsp3) is 0.857. The van der Waals surface area contributed by atoms with E-state index in [1.54, 1.807) is 18.9 Å². The molecule has 0 radical (unpaired) electrons. The number of aliphatic carboxylic acids is 1. The molecule has 118 valence electrons. The molecule has 0 saturated heterocycles. The second-order valence-corrected chi connectivity index (χ2v) is 5.75. The zero-order valence-electron chi connectivity index (χ0n) is 13.3. The summed E-state index contributed by atoms with van der Waals surface area (Å²) in [7, 11) is 5.72. The fourth-order valence-electron chi connectivity index (χ4n) is 1.70. The van der Waals surface area contributed by atoms with Crippen molar-refractivity contribution in [1.82, 2.24) is 15.1 Å². The second kappa shape index (κ2) is 9.58. The van der Waals surface area contributed by atoms with Crippen molar-refractivity contribution in [2.24, 2.45) is 5.92 Å². The average molecular weight is 287 g/mol. The van der Waals surface area contributed by atoms with Crippen LogP contribution in [0.5, 0.6) is 0 Å². The van der Waals surface area contributed by atoms with Gasteiger partial charge in [-0.05, 0) is 33.9 Å². The molecule has 6 heteroatoms. The van der Waals surface area contributed by atoms with Crippen LogP contribution in [0.3, 0.4) is 0 Å². The van der Waals surface area contributed by atoms with Crippen LogP contribution < -0.4 is 5.32 Å². The largest absolute Gasteiger partial charge is 0.481 e. The quantitative estimate of drug-likeness (QED) is 0.673. The number of carboxylic acid groups (broad SMARTS) is 1. The zero-order chi connectivity index (χ0) is 15.7. The van der Waals surface area contributed by atoms with Gasteiger partial charge in [0.1, 0.15) is 0 Å². The van der Waals surface area contributed by atoms with Gasteiger partial charge >= 0.3 is 12.0 Å². The third-order valence-electron chi connectivity index (χ3n) is 3.30. The Labute approximate surface area is 122 Å². The molecular weight excluding hydrogens is 258 g/mol. The van der Waals surface area contributed by atoms with Crippen LogP contribution in [0.25, 0.3) is 0 Å². The average Bonchev–Trinajstić information content (AvgIpc) is 2.35. The summed E-state index contributed by atoms with van der Waals surface area (Å²) in [6.45, 7) is 5.17. The predicted molar refractivity (Wildman–Crippen MR) is 79.8 cm³/mol. The van der Waals surface area contributed by atoms with Crippen LogP contribution in [0.15, 0.2) is 0 Å². The predicted octanol–water partition coefficient (Wildman–Crippen LogP) is 1.47. The highest BCUT2D eigenvalue weighted by Crippen LogP contribution is 2.09. The van der Waals surface area contributed by atoms with E-state index >= 15 is 0 Å². The van der Waals surface area contributed by atoms with Crippen molar-refractivity contribution in [2.75, 3.05) is 34.2 Å². The number of amides is 2. The van der Waals surface area contributed by atoms with Gasteiger partial charge in [-0.25, -0.2) is 4.79 Å². The number of hydrogen-bond acceptors (Lipinski definition) is 3. The van der Waals surface area contributed by atoms with Gasteiger partial charge in [0.2, 0.25) is 0 Å². The summed E-state index contributed by atoms with van der Waals surface area (Å²) in [4.78, 5) is 26.3. The van der Waals surface area contributed by atoms with Crippen LogP contribution in [0.1, 0.15) is 33.1 Å². The molecule has 2 unspecified atom stereocenters. The van der Waals surface area contributed by atoms with Crippen LogP contribution in [0, 0.1) is 5.92 Å². The highest BCUT2D eigenvalue weighted by atomic mass is 16.4. The maximum Gasteiger partial charge on any atom is 0.317 e. The highest BCUT2D eigenvalue weighted by molar-refractivity contribution is 5.74. The molecule has 0 bridgehead atoms. The molecular formula is C14H29N3O3. The van der Waals surface area contributed by atoms with Crippen LogP contribution in [0.4, 0.5) is 4.79 Å². The van der Waals surface area contributed by atoms with Gasteiger partial charge in [-0.15, -0.1) is 0 Å². The van der Waals surface area contributed by atoms with Crippen LogP contribution >= 0.6 is 0 Å². The number of carbonyl (C=O) groups excluding carboxylic acids is 1. The topological polar surface area (TPSA) is 72.9 Å². The lowest BCUT2D eigenvalue weighted by atomic mass is 10.0. The first-order valence-corrected chi connectivity index (χ1v) is 7.13. The number of carboxylic acids is 1. The first kappa shape index (κ1) is 18.7. The Kier molecular flexibility index (Phi) is 8.96. The van der Waals surface area contributed by atoms with E-state index in [0.717, 1.165) is 19.4 Å².